The molecule has 2 fully saturated rings. The lowest BCUT2D eigenvalue weighted by atomic mass is 9.96. The number of hydrogen-bond acceptors (Lipinski definition) is 3. The van der Waals surface area contributed by atoms with E-state index in [1.807, 2.05) is 6.07 Å². The van der Waals surface area contributed by atoms with Gasteiger partial charge < -0.3 is 10.6 Å². The monoisotopic (exact) mass is 305 g/mol. The number of amides is 1. The van der Waals surface area contributed by atoms with Crippen LogP contribution in [0.2, 0.25) is 0 Å². The average molecular weight is 305 g/mol. The number of piperidine rings is 1. The summed E-state index contributed by atoms with van der Waals surface area (Å²) >= 11 is 0. The van der Waals surface area contributed by atoms with Gasteiger partial charge in [-0.05, 0) is 50.0 Å². The molecule has 2 heterocycles. The molecule has 0 radical (unpaired) electrons. The number of carbonyl (C=O) groups is 1. The number of nitrogens with one attached hydrogen (secondary N) is 2. The lowest BCUT2D eigenvalue weighted by Crippen LogP contribution is -2.46. The third-order valence-corrected chi connectivity index (χ3v) is 4.58. The van der Waals surface area contributed by atoms with E-state index in [0.29, 0.717) is 6.54 Å². The molecule has 5 heteroatoms. The maximum atomic E-state index is 13.3. The van der Waals surface area contributed by atoms with Crippen LogP contribution in [0.3, 0.4) is 0 Å². The number of halogens is 1. The van der Waals surface area contributed by atoms with Crippen LogP contribution in [-0.4, -0.2) is 43.0 Å². The Balaban J connectivity index is 1.53. The molecule has 2 saturated heterocycles. The van der Waals surface area contributed by atoms with E-state index < -0.39 is 0 Å². The Morgan fingerprint density at radius 2 is 2.32 bits per heavy atom. The summed E-state index contributed by atoms with van der Waals surface area (Å²) in [7, 11) is 0. The number of hydrogen-bond donors (Lipinski definition) is 2. The Bertz CT molecular complexity index is 516. The minimum Gasteiger partial charge on any atom is -0.352 e. The smallest absolute Gasteiger partial charge is 0.224 e. The third kappa shape index (κ3) is 4.05. The van der Waals surface area contributed by atoms with Crippen LogP contribution in [0, 0.1) is 11.7 Å². The van der Waals surface area contributed by atoms with E-state index in [2.05, 4.69) is 15.5 Å². The van der Waals surface area contributed by atoms with Crippen molar-refractivity contribution in [3.05, 3.63) is 35.6 Å². The molecule has 22 heavy (non-hydrogen) atoms. The van der Waals surface area contributed by atoms with Gasteiger partial charge in [-0.25, -0.2) is 4.39 Å². The van der Waals surface area contributed by atoms with E-state index in [-0.39, 0.29) is 23.7 Å². The molecular weight excluding hydrogens is 281 g/mol. The first kappa shape index (κ1) is 15.4. The minimum atomic E-state index is -0.197. The van der Waals surface area contributed by atoms with Gasteiger partial charge in [0.2, 0.25) is 5.91 Å². The summed E-state index contributed by atoms with van der Waals surface area (Å²) in [5.74, 6) is 0.0399. The van der Waals surface area contributed by atoms with Crippen LogP contribution < -0.4 is 10.6 Å². The number of likely N-dealkylation sites (tertiary alicyclic amines) is 1. The van der Waals surface area contributed by atoms with E-state index >= 15 is 0 Å². The van der Waals surface area contributed by atoms with Crippen molar-refractivity contribution in [2.45, 2.75) is 31.8 Å². The maximum absolute atomic E-state index is 13.3. The predicted molar refractivity (Wildman–Crippen MR) is 83.8 cm³/mol. The number of carbonyl (C=O) groups excluding carboxylic acids is 1. The van der Waals surface area contributed by atoms with Gasteiger partial charge in [0.25, 0.3) is 0 Å². The van der Waals surface area contributed by atoms with Gasteiger partial charge in [-0.3, -0.25) is 9.69 Å². The van der Waals surface area contributed by atoms with Crippen LogP contribution in [0.5, 0.6) is 0 Å². The SMILES string of the molecule is O=C(NC1CCNC1)C1CCCN(Cc2cccc(F)c2)C1. The van der Waals surface area contributed by atoms with Gasteiger partial charge >= 0.3 is 0 Å². The molecule has 1 amide bonds. The molecule has 0 aliphatic carbocycles. The highest BCUT2D eigenvalue weighted by Gasteiger charge is 2.27. The molecule has 2 atom stereocenters. The summed E-state index contributed by atoms with van der Waals surface area (Å²) in [6.07, 6.45) is 2.99. The first-order valence-electron chi connectivity index (χ1n) is 8.18. The average Bonchev–Trinajstić information content (AvgIpc) is 3.00. The largest absolute Gasteiger partial charge is 0.352 e. The molecule has 1 aromatic rings. The highest BCUT2D eigenvalue weighted by molar-refractivity contribution is 5.79. The van der Waals surface area contributed by atoms with E-state index in [1.54, 1.807) is 12.1 Å². The summed E-state index contributed by atoms with van der Waals surface area (Å²) in [5, 5.41) is 6.42. The normalized spacial score (nSPS) is 26.0. The molecule has 1 aromatic carbocycles. The standard InChI is InChI=1S/C17H24FN3O/c18-15-5-1-3-13(9-15)11-21-8-2-4-14(12-21)17(22)20-16-6-7-19-10-16/h1,3,5,9,14,16,19H,2,4,6-8,10-12H2,(H,20,22). The Morgan fingerprint density at radius 1 is 1.41 bits per heavy atom. The van der Waals surface area contributed by atoms with Crippen LogP contribution in [-0.2, 0) is 11.3 Å². The van der Waals surface area contributed by atoms with Crippen LogP contribution in [0.1, 0.15) is 24.8 Å². The van der Waals surface area contributed by atoms with Gasteiger partial charge in [-0.1, -0.05) is 12.1 Å². The molecular formula is C17H24FN3O. The highest BCUT2D eigenvalue weighted by Crippen LogP contribution is 2.19. The molecule has 0 aromatic heterocycles. The first-order chi connectivity index (χ1) is 10.7. The minimum absolute atomic E-state index is 0.0582. The first-order valence-corrected chi connectivity index (χ1v) is 8.18. The van der Waals surface area contributed by atoms with E-state index in [4.69, 9.17) is 0 Å². The van der Waals surface area contributed by atoms with Crippen molar-refractivity contribution < 1.29 is 9.18 Å². The van der Waals surface area contributed by atoms with Gasteiger partial charge in [-0.15, -0.1) is 0 Å². The topological polar surface area (TPSA) is 44.4 Å². The molecule has 4 nitrogen and oxygen atoms in total. The van der Waals surface area contributed by atoms with Crippen molar-refractivity contribution in [1.82, 2.24) is 15.5 Å². The summed E-state index contributed by atoms with van der Waals surface area (Å²) in [6, 6.07) is 7.01. The van der Waals surface area contributed by atoms with Crippen molar-refractivity contribution in [3.8, 4) is 0 Å². The highest BCUT2D eigenvalue weighted by atomic mass is 19.1. The molecule has 0 saturated carbocycles. The zero-order valence-corrected chi connectivity index (χ0v) is 12.9. The number of nitrogens with zero attached hydrogens (tertiary/aromatic N) is 1. The fourth-order valence-electron chi connectivity index (χ4n) is 3.40. The van der Waals surface area contributed by atoms with Crippen molar-refractivity contribution in [2.75, 3.05) is 26.2 Å². The fraction of sp³-hybridized carbons (Fsp3) is 0.588. The van der Waals surface area contributed by atoms with Crippen LogP contribution >= 0.6 is 0 Å². The Morgan fingerprint density at radius 3 is 3.09 bits per heavy atom. The van der Waals surface area contributed by atoms with Gasteiger partial charge in [0.05, 0.1) is 5.92 Å². The Kier molecular flexibility index (Phi) is 5.05. The molecule has 0 bridgehead atoms. The van der Waals surface area contributed by atoms with E-state index in [1.165, 1.54) is 6.07 Å². The number of rotatable bonds is 4. The van der Waals surface area contributed by atoms with Crippen LogP contribution in [0.15, 0.2) is 24.3 Å². The third-order valence-electron chi connectivity index (χ3n) is 4.58. The Hall–Kier alpha value is -1.46. The summed E-state index contributed by atoms with van der Waals surface area (Å²) in [5.41, 5.74) is 0.973. The fourth-order valence-corrected chi connectivity index (χ4v) is 3.40. The summed E-state index contributed by atoms with van der Waals surface area (Å²) < 4.78 is 13.3. The molecule has 0 spiro atoms. The van der Waals surface area contributed by atoms with Crippen molar-refractivity contribution >= 4 is 5.91 Å². The molecule has 2 N–H and O–H groups in total. The number of benzene rings is 1. The van der Waals surface area contributed by atoms with Crippen LogP contribution in [0.25, 0.3) is 0 Å². The summed E-state index contributed by atoms with van der Waals surface area (Å²) in [4.78, 5) is 14.6. The van der Waals surface area contributed by atoms with Gasteiger partial charge in [-0.2, -0.15) is 0 Å². The van der Waals surface area contributed by atoms with Crippen molar-refractivity contribution in [1.29, 1.82) is 0 Å². The summed E-state index contributed by atoms with van der Waals surface area (Å²) in [6.45, 7) is 4.33. The second-order valence-electron chi connectivity index (χ2n) is 6.40. The predicted octanol–water partition coefficient (Wildman–Crippen LogP) is 1.52. The Labute approximate surface area is 131 Å². The van der Waals surface area contributed by atoms with Gasteiger partial charge in [0, 0.05) is 25.7 Å². The zero-order valence-electron chi connectivity index (χ0n) is 12.9. The molecule has 2 aliphatic heterocycles. The van der Waals surface area contributed by atoms with E-state index in [0.717, 1.165) is 51.0 Å². The zero-order chi connectivity index (χ0) is 15.4. The van der Waals surface area contributed by atoms with Crippen LogP contribution in [0.4, 0.5) is 4.39 Å². The van der Waals surface area contributed by atoms with Crippen molar-refractivity contribution in [3.63, 3.8) is 0 Å². The maximum Gasteiger partial charge on any atom is 0.224 e. The molecule has 2 unspecified atom stereocenters. The van der Waals surface area contributed by atoms with E-state index in [9.17, 15) is 9.18 Å². The molecule has 3 rings (SSSR count). The second kappa shape index (κ2) is 7.20. The quantitative estimate of drug-likeness (QED) is 0.886. The molecule has 2 aliphatic rings. The van der Waals surface area contributed by atoms with Crippen molar-refractivity contribution in [2.24, 2.45) is 5.92 Å². The van der Waals surface area contributed by atoms with Gasteiger partial charge in [0.15, 0.2) is 0 Å². The lowest BCUT2D eigenvalue weighted by molar-refractivity contribution is -0.127. The second-order valence-corrected chi connectivity index (χ2v) is 6.40. The van der Waals surface area contributed by atoms with Gasteiger partial charge in [0.1, 0.15) is 5.82 Å². The lowest BCUT2D eigenvalue weighted by Gasteiger charge is -2.32. The molecule has 120 valence electrons.